The zero-order chi connectivity index (χ0) is 24.2. The Balaban J connectivity index is 1.45. The molecule has 0 aliphatic carbocycles. The van der Waals surface area contributed by atoms with Gasteiger partial charge in [-0.15, -0.1) is 0 Å². The summed E-state index contributed by atoms with van der Waals surface area (Å²) in [7, 11) is 3.15. The molecule has 8 nitrogen and oxygen atoms in total. The van der Waals surface area contributed by atoms with Crippen LogP contribution in [0.2, 0.25) is 0 Å². The van der Waals surface area contributed by atoms with E-state index >= 15 is 0 Å². The van der Waals surface area contributed by atoms with Crippen molar-refractivity contribution in [1.82, 2.24) is 14.9 Å². The van der Waals surface area contributed by atoms with Gasteiger partial charge in [0.25, 0.3) is 0 Å². The number of nitrogens with zero attached hydrogens (tertiary/aromatic N) is 4. The van der Waals surface area contributed by atoms with Crippen molar-refractivity contribution in [3.8, 4) is 11.5 Å². The van der Waals surface area contributed by atoms with Crippen LogP contribution >= 0.6 is 0 Å². The van der Waals surface area contributed by atoms with Crippen molar-refractivity contribution in [1.29, 1.82) is 0 Å². The molecule has 0 spiro atoms. The molecular formula is C26H29N5O3. The number of benzene rings is 2. The summed E-state index contributed by atoms with van der Waals surface area (Å²) < 4.78 is 10.7. The maximum absolute atomic E-state index is 12.9. The quantitative estimate of drug-likeness (QED) is 0.579. The molecule has 2 aromatic carbocycles. The highest BCUT2D eigenvalue weighted by Crippen LogP contribution is 2.34. The van der Waals surface area contributed by atoms with Crippen LogP contribution in [0.25, 0.3) is 23.1 Å². The summed E-state index contributed by atoms with van der Waals surface area (Å²) in [4.78, 5) is 26.0. The molecule has 1 aromatic heterocycles. The van der Waals surface area contributed by atoms with E-state index in [1.165, 1.54) is 0 Å². The Morgan fingerprint density at radius 1 is 1.00 bits per heavy atom. The third-order valence-corrected chi connectivity index (χ3v) is 6.08. The van der Waals surface area contributed by atoms with Gasteiger partial charge in [-0.1, -0.05) is 43.5 Å². The molecule has 4 rings (SSSR count). The summed E-state index contributed by atoms with van der Waals surface area (Å²) in [5.74, 6) is 2.16. The van der Waals surface area contributed by atoms with Gasteiger partial charge in [0.05, 0.1) is 26.2 Å². The van der Waals surface area contributed by atoms with E-state index in [0.717, 1.165) is 16.7 Å². The van der Waals surface area contributed by atoms with Gasteiger partial charge in [-0.3, -0.25) is 4.79 Å². The number of piperazine rings is 1. The Morgan fingerprint density at radius 3 is 2.32 bits per heavy atom. The monoisotopic (exact) mass is 459 g/mol. The van der Waals surface area contributed by atoms with Crippen LogP contribution < -0.4 is 20.1 Å². The molecule has 1 aliphatic rings. The van der Waals surface area contributed by atoms with Crippen LogP contribution in [0.5, 0.6) is 11.5 Å². The van der Waals surface area contributed by atoms with Crippen LogP contribution in [0.4, 0.5) is 11.8 Å². The van der Waals surface area contributed by atoms with Crippen molar-refractivity contribution in [2.24, 2.45) is 0 Å². The molecule has 2 N–H and O–H groups in total. The number of ether oxygens (including phenoxy) is 2. The van der Waals surface area contributed by atoms with Gasteiger partial charge >= 0.3 is 0 Å². The average molecular weight is 460 g/mol. The predicted octanol–water partition coefficient (Wildman–Crippen LogP) is 3.41. The number of anilines is 2. The number of nitrogen functional groups attached to an aromatic ring is 1. The van der Waals surface area contributed by atoms with Crippen molar-refractivity contribution in [2.75, 3.05) is 51.0 Å². The van der Waals surface area contributed by atoms with E-state index in [2.05, 4.69) is 18.1 Å². The molecule has 34 heavy (non-hydrogen) atoms. The lowest BCUT2D eigenvalue weighted by Crippen LogP contribution is -2.49. The van der Waals surface area contributed by atoms with Gasteiger partial charge < -0.3 is 25.0 Å². The molecule has 8 heteroatoms. The highest BCUT2D eigenvalue weighted by molar-refractivity contribution is 5.91. The van der Waals surface area contributed by atoms with E-state index in [1.807, 2.05) is 28.0 Å². The van der Waals surface area contributed by atoms with Gasteiger partial charge in [-0.25, -0.2) is 4.98 Å². The molecule has 1 saturated heterocycles. The van der Waals surface area contributed by atoms with Gasteiger partial charge in [0, 0.05) is 37.6 Å². The number of methoxy groups -OCH3 is 2. The number of carbonyl (C=O) groups is 1. The third-order valence-electron chi connectivity index (χ3n) is 6.08. The van der Waals surface area contributed by atoms with Crippen LogP contribution in [-0.2, 0) is 11.2 Å². The minimum absolute atomic E-state index is 0.0943. The lowest BCUT2D eigenvalue weighted by Gasteiger charge is -2.35. The lowest BCUT2D eigenvalue weighted by atomic mass is 10.0. The molecule has 0 saturated carbocycles. The minimum atomic E-state index is 0.0943. The number of fused-ring (bicyclic) bond motifs is 1. The summed E-state index contributed by atoms with van der Waals surface area (Å²) >= 11 is 0. The van der Waals surface area contributed by atoms with Crippen LogP contribution in [0.1, 0.15) is 16.7 Å². The van der Waals surface area contributed by atoms with Crippen LogP contribution in [0, 0.1) is 0 Å². The molecule has 176 valence electrons. The fraction of sp³-hybridized carbons (Fsp3) is 0.269. The van der Waals surface area contributed by atoms with Gasteiger partial charge in [0.15, 0.2) is 11.5 Å². The standard InChI is InChI=1S/C26H29N5O3/c1-5-18-8-7-17(13-19(18)6-2)14-24(32)30-9-11-31(12-10-30)26-28-21-16-23(34-4)22(33-3)15-20(21)25(27)29-26/h5-8,13,15-16H,1-2,9-12,14H2,3-4H3,(H2,27,28,29). The molecule has 0 bridgehead atoms. The summed E-state index contributed by atoms with van der Waals surface area (Å²) in [5.41, 5.74) is 9.86. The Bertz CT molecular complexity index is 1250. The van der Waals surface area contributed by atoms with Gasteiger partial charge in [-0.2, -0.15) is 4.98 Å². The van der Waals surface area contributed by atoms with Crippen molar-refractivity contribution in [3.63, 3.8) is 0 Å². The molecule has 3 aromatic rings. The molecule has 0 atom stereocenters. The first kappa shape index (κ1) is 23.1. The van der Waals surface area contributed by atoms with Crippen molar-refractivity contribution in [3.05, 3.63) is 60.2 Å². The second kappa shape index (κ2) is 9.82. The number of carbonyl (C=O) groups excluding carboxylic acids is 1. The van der Waals surface area contributed by atoms with Gasteiger partial charge in [0.1, 0.15) is 5.82 Å². The maximum Gasteiger partial charge on any atom is 0.228 e. The first-order valence-corrected chi connectivity index (χ1v) is 11.1. The third kappa shape index (κ3) is 4.52. The van der Waals surface area contributed by atoms with Gasteiger partial charge in [0.2, 0.25) is 11.9 Å². The van der Waals surface area contributed by atoms with Crippen LogP contribution in [0.15, 0.2) is 43.5 Å². The predicted molar refractivity (Wildman–Crippen MR) is 136 cm³/mol. The van der Waals surface area contributed by atoms with E-state index < -0.39 is 0 Å². The molecular weight excluding hydrogens is 430 g/mol. The summed E-state index contributed by atoms with van der Waals surface area (Å²) in [6.07, 6.45) is 3.92. The second-order valence-corrected chi connectivity index (χ2v) is 8.05. The smallest absolute Gasteiger partial charge is 0.228 e. The zero-order valence-corrected chi connectivity index (χ0v) is 19.6. The topological polar surface area (TPSA) is 93.8 Å². The average Bonchev–Trinajstić information content (AvgIpc) is 2.87. The highest BCUT2D eigenvalue weighted by Gasteiger charge is 2.24. The molecule has 1 aliphatic heterocycles. The van der Waals surface area contributed by atoms with Crippen molar-refractivity contribution in [2.45, 2.75) is 6.42 Å². The fourth-order valence-electron chi connectivity index (χ4n) is 4.15. The molecule has 0 radical (unpaired) electrons. The lowest BCUT2D eigenvalue weighted by molar-refractivity contribution is -0.130. The Labute approximate surface area is 199 Å². The molecule has 0 unspecified atom stereocenters. The normalized spacial score (nSPS) is 13.6. The van der Waals surface area contributed by atoms with Crippen LogP contribution in [0.3, 0.4) is 0 Å². The number of hydrogen-bond donors (Lipinski definition) is 1. The van der Waals surface area contributed by atoms with Gasteiger partial charge in [-0.05, 0) is 22.8 Å². The molecule has 1 amide bonds. The van der Waals surface area contributed by atoms with Crippen molar-refractivity contribution >= 4 is 40.7 Å². The number of aromatic nitrogens is 2. The number of rotatable bonds is 7. The fourth-order valence-corrected chi connectivity index (χ4v) is 4.15. The summed E-state index contributed by atoms with van der Waals surface area (Å²) in [5, 5.41) is 0.705. The van der Waals surface area contributed by atoms with Crippen molar-refractivity contribution < 1.29 is 14.3 Å². The number of nitrogens with two attached hydrogens (primary N) is 1. The molecule has 2 heterocycles. The Hall–Kier alpha value is -4.07. The second-order valence-electron chi connectivity index (χ2n) is 8.05. The summed E-state index contributed by atoms with van der Waals surface area (Å²) in [6.45, 7) is 10.1. The number of amides is 1. The SMILES string of the molecule is C=Cc1ccc(CC(=O)N2CCN(c3nc(N)c4cc(OC)c(OC)cc4n3)CC2)cc1C=C. The van der Waals surface area contributed by atoms with E-state index in [4.69, 9.17) is 20.2 Å². The van der Waals surface area contributed by atoms with E-state index in [-0.39, 0.29) is 5.91 Å². The molecule has 1 fully saturated rings. The summed E-state index contributed by atoms with van der Waals surface area (Å²) in [6, 6.07) is 9.50. The maximum atomic E-state index is 12.9. The highest BCUT2D eigenvalue weighted by atomic mass is 16.5. The van der Waals surface area contributed by atoms with E-state index in [1.54, 1.807) is 38.5 Å². The Kier molecular flexibility index (Phi) is 6.67. The Morgan fingerprint density at radius 2 is 1.68 bits per heavy atom. The van der Waals surface area contributed by atoms with E-state index in [0.29, 0.717) is 66.8 Å². The first-order chi connectivity index (χ1) is 16.5. The largest absolute Gasteiger partial charge is 0.493 e. The minimum Gasteiger partial charge on any atom is -0.493 e. The zero-order valence-electron chi connectivity index (χ0n) is 19.6. The van der Waals surface area contributed by atoms with E-state index in [9.17, 15) is 4.79 Å². The van der Waals surface area contributed by atoms with Crippen LogP contribution in [-0.4, -0.2) is 61.2 Å². The first-order valence-electron chi connectivity index (χ1n) is 11.1. The number of hydrogen-bond acceptors (Lipinski definition) is 7.